The lowest BCUT2D eigenvalue weighted by Gasteiger charge is -2.10. The number of carbonyl (C=O) groups excluding carboxylic acids is 2. The average Bonchev–Trinajstić information content (AvgIpc) is 2.54. The second-order valence-electron chi connectivity index (χ2n) is 4.80. The van der Waals surface area contributed by atoms with E-state index in [1.165, 1.54) is 0 Å². The van der Waals surface area contributed by atoms with E-state index in [1.807, 2.05) is 6.92 Å². The van der Waals surface area contributed by atoms with Gasteiger partial charge in [0, 0.05) is 20.9 Å². The first-order valence-corrected chi connectivity index (χ1v) is 7.66. The molecule has 0 radical (unpaired) electrons. The van der Waals surface area contributed by atoms with Crippen molar-refractivity contribution >= 4 is 34.4 Å². The molecule has 0 bridgehead atoms. The van der Waals surface area contributed by atoms with Gasteiger partial charge in [0.05, 0.1) is 0 Å². The fraction of sp³-hybridized carbons (Fsp3) is 0.133. The number of aromatic nitrogens is 1. The van der Waals surface area contributed by atoms with E-state index in [-0.39, 0.29) is 5.56 Å². The van der Waals surface area contributed by atoms with Crippen molar-refractivity contribution in [2.75, 3.05) is 0 Å². The zero-order chi connectivity index (χ0) is 17.9. The molecular weight excluding hydrogens is 438 g/mol. The number of hydrogen-bond acceptors (Lipinski definition) is 3. The van der Waals surface area contributed by atoms with Crippen molar-refractivity contribution in [3.05, 3.63) is 62.5 Å². The van der Waals surface area contributed by atoms with Crippen LogP contribution in [0.5, 0.6) is 0 Å². The molecule has 1 heterocycles. The van der Waals surface area contributed by atoms with Gasteiger partial charge in [0.15, 0.2) is 0 Å². The van der Waals surface area contributed by atoms with Gasteiger partial charge in [0.25, 0.3) is 11.8 Å². The van der Waals surface area contributed by atoms with Crippen LogP contribution in [0.25, 0.3) is 0 Å². The third-order valence-corrected chi connectivity index (χ3v) is 4.20. The molecule has 0 aliphatic heterocycles. The number of amides is 2. The number of carbonyl (C=O) groups is 2. The third kappa shape index (κ3) is 4.43. The highest BCUT2D eigenvalue weighted by Crippen LogP contribution is 2.27. The van der Waals surface area contributed by atoms with Crippen LogP contribution in [0.2, 0.25) is 0 Å². The standard InChI is InChI=1S/C15H11F3IN3O2/c1-8-2-3-9(6-11(8)19)13(23)21-22-14(24)10-4-5-20-12(7-10)15(16,17)18/h2-7H,1H3,(H,21,23)(H,22,24). The summed E-state index contributed by atoms with van der Waals surface area (Å²) in [6.07, 6.45) is -3.78. The van der Waals surface area contributed by atoms with Crippen LogP contribution in [-0.2, 0) is 6.18 Å². The molecule has 24 heavy (non-hydrogen) atoms. The zero-order valence-electron chi connectivity index (χ0n) is 12.2. The Hall–Kier alpha value is -2.17. The first-order chi connectivity index (χ1) is 11.2. The summed E-state index contributed by atoms with van der Waals surface area (Å²) in [4.78, 5) is 27.0. The van der Waals surface area contributed by atoms with Crippen molar-refractivity contribution in [3.8, 4) is 0 Å². The molecule has 2 N–H and O–H groups in total. The average molecular weight is 449 g/mol. The number of halogens is 4. The van der Waals surface area contributed by atoms with E-state index in [0.29, 0.717) is 11.6 Å². The van der Waals surface area contributed by atoms with Crippen molar-refractivity contribution in [2.45, 2.75) is 13.1 Å². The minimum atomic E-state index is -4.65. The first-order valence-electron chi connectivity index (χ1n) is 6.58. The highest BCUT2D eigenvalue weighted by Gasteiger charge is 2.32. The van der Waals surface area contributed by atoms with Gasteiger partial charge in [-0.2, -0.15) is 13.2 Å². The van der Waals surface area contributed by atoms with Crippen LogP contribution in [0.4, 0.5) is 13.2 Å². The van der Waals surface area contributed by atoms with Gasteiger partial charge in [-0.05, 0) is 59.3 Å². The molecule has 0 spiro atoms. The summed E-state index contributed by atoms with van der Waals surface area (Å²) < 4.78 is 38.6. The van der Waals surface area contributed by atoms with Crippen LogP contribution in [-0.4, -0.2) is 16.8 Å². The maximum absolute atomic E-state index is 12.6. The molecule has 1 aromatic heterocycles. The molecule has 126 valence electrons. The second-order valence-corrected chi connectivity index (χ2v) is 5.96. The van der Waals surface area contributed by atoms with Crippen molar-refractivity contribution in [2.24, 2.45) is 0 Å². The van der Waals surface area contributed by atoms with Crippen LogP contribution in [0.3, 0.4) is 0 Å². The highest BCUT2D eigenvalue weighted by atomic mass is 127. The number of hydrogen-bond donors (Lipinski definition) is 2. The Bertz CT molecular complexity index is 794. The Labute approximate surface area is 148 Å². The molecule has 0 aliphatic rings. The van der Waals surface area contributed by atoms with Crippen molar-refractivity contribution in [1.29, 1.82) is 0 Å². The maximum atomic E-state index is 12.6. The molecule has 5 nitrogen and oxygen atoms in total. The van der Waals surface area contributed by atoms with Gasteiger partial charge >= 0.3 is 6.18 Å². The molecule has 9 heteroatoms. The molecule has 0 saturated heterocycles. The summed E-state index contributed by atoms with van der Waals surface area (Å²) in [7, 11) is 0. The van der Waals surface area contributed by atoms with E-state index >= 15 is 0 Å². The molecule has 2 aromatic rings. The Kier molecular flexibility index (Phi) is 5.42. The predicted octanol–water partition coefficient (Wildman–Crippen LogP) is 3.09. The van der Waals surface area contributed by atoms with E-state index in [1.54, 1.807) is 18.2 Å². The van der Waals surface area contributed by atoms with Gasteiger partial charge in [0.1, 0.15) is 5.69 Å². The summed E-state index contributed by atoms with van der Waals surface area (Å²) in [5.74, 6) is -1.45. The van der Waals surface area contributed by atoms with Crippen LogP contribution in [0, 0.1) is 10.5 Å². The summed E-state index contributed by atoms with van der Waals surface area (Å²) in [6, 6.07) is 6.68. The normalized spacial score (nSPS) is 11.0. The molecule has 0 fully saturated rings. The monoisotopic (exact) mass is 449 g/mol. The molecule has 1 aromatic carbocycles. The lowest BCUT2D eigenvalue weighted by atomic mass is 10.1. The Morgan fingerprint density at radius 1 is 1.04 bits per heavy atom. The quantitative estimate of drug-likeness (QED) is 0.547. The minimum Gasteiger partial charge on any atom is -0.267 e. The van der Waals surface area contributed by atoms with Crippen molar-refractivity contribution < 1.29 is 22.8 Å². The zero-order valence-corrected chi connectivity index (χ0v) is 14.4. The molecule has 2 rings (SSSR count). The number of hydrazine groups is 1. The lowest BCUT2D eigenvalue weighted by Crippen LogP contribution is -2.41. The van der Waals surface area contributed by atoms with Gasteiger partial charge in [-0.25, -0.2) is 0 Å². The predicted molar refractivity (Wildman–Crippen MR) is 88.1 cm³/mol. The summed E-state index contributed by atoms with van der Waals surface area (Å²) >= 11 is 2.06. The minimum absolute atomic E-state index is 0.267. The van der Waals surface area contributed by atoms with Crippen LogP contribution < -0.4 is 10.9 Å². The van der Waals surface area contributed by atoms with Gasteiger partial charge in [-0.15, -0.1) is 0 Å². The highest BCUT2D eigenvalue weighted by molar-refractivity contribution is 14.1. The summed E-state index contributed by atoms with van der Waals surface area (Å²) in [5, 5.41) is 0. The third-order valence-electron chi connectivity index (χ3n) is 3.04. The second kappa shape index (κ2) is 7.16. The van der Waals surface area contributed by atoms with Gasteiger partial charge < -0.3 is 0 Å². The van der Waals surface area contributed by atoms with Gasteiger partial charge in [0.2, 0.25) is 0 Å². The van der Waals surface area contributed by atoms with E-state index in [0.717, 1.165) is 21.4 Å². The lowest BCUT2D eigenvalue weighted by molar-refractivity contribution is -0.141. The fourth-order valence-corrected chi connectivity index (χ4v) is 2.23. The Morgan fingerprint density at radius 2 is 1.62 bits per heavy atom. The van der Waals surface area contributed by atoms with E-state index in [4.69, 9.17) is 0 Å². The van der Waals surface area contributed by atoms with Crippen molar-refractivity contribution in [3.63, 3.8) is 0 Å². The number of alkyl halides is 3. The topological polar surface area (TPSA) is 71.1 Å². The Balaban J connectivity index is 2.05. The summed E-state index contributed by atoms with van der Waals surface area (Å²) in [5.41, 5.74) is 4.09. The van der Waals surface area contributed by atoms with Gasteiger partial charge in [-0.3, -0.25) is 25.4 Å². The number of pyridine rings is 1. The van der Waals surface area contributed by atoms with E-state index in [9.17, 15) is 22.8 Å². The SMILES string of the molecule is Cc1ccc(C(=O)NNC(=O)c2ccnc(C(F)(F)F)c2)cc1I. The first kappa shape index (κ1) is 18.2. The van der Waals surface area contributed by atoms with Crippen LogP contribution in [0.1, 0.15) is 32.0 Å². The molecule has 0 atom stereocenters. The molecule has 0 unspecified atom stereocenters. The maximum Gasteiger partial charge on any atom is 0.433 e. The van der Waals surface area contributed by atoms with Crippen molar-refractivity contribution in [1.82, 2.24) is 15.8 Å². The smallest absolute Gasteiger partial charge is 0.267 e. The fourth-order valence-electron chi connectivity index (χ4n) is 1.72. The molecule has 2 amide bonds. The number of aryl methyl sites for hydroxylation is 1. The largest absolute Gasteiger partial charge is 0.433 e. The number of nitrogens with zero attached hydrogens (tertiary/aromatic N) is 1. The van der Waals surface area contributed by atoms with Crippen LogP contribution in [0.15, 0.2) is 36.5 Å². The van der Waals surface area contributed by atoms with Crippen LogP contribution >= 0.6 is 22.6 Å². The number of rotatable bonds is 2. The molecular formula is C15H11F3IN3O2. The summed E-state index contributed by atoms with van der Waals surface area (Å²) in [6.45, 7) is 1.88. The number of benzene rings is 1. The molecule has 0 aliphatic carbocycles. The van der Waals surface area contributed by atoms with E-state index < -0.39 is 23.7 Å². The van der Waals surface area contributed by atoms with E-state index in [2.05, 4.69) is 38.4 Å². The van der Waals surface area contributed by atoms with Gasteiger partial charge in [-0.1, -0.05) is 6.07 Å². The molecule has 0 saturated carbocycles. The Morgan fingerprint density at radius 3 is 2.17 bits per heavy atom. The number of nitrogens with one attached hydrogen (secondary N) is 2.